The molecule has 0 atom stereocenters. The number of amides is 1. The summed E-state index contributed by atoms with van der Waals surface area (Å²) in [6.45, 7) is 5.61. The second kappa shape index (κ2) is 6.97. The van der Waals surface area contributed by atoms with Crippen LogP contribution in [0.25, 0.3) is 0 Å². The van der Waals surface area contributed by atoms with Crippen LogP contribution in [0.5, 0.6) is 0 Å². The van der Waals surface area contributed by atoms with Crippen LogP contribution in [0, 0.1) is 11.2 Å². The van der Waals surface area contributed by atoms with Gasteiger partial charge >= 0.3 is 0 Å². The number of aryl methyl sites for hydroxylation is 1. The smallest absolute Gasteiger partial charge is 0.222 e. The van der Waals surface area contributed by atoms with Crippen molar-refractivity contribution < 1.29 is 13.9 Å². The average Bonchev–Trinajstić information content (AvgIpc) is 2.95. The monoisotopic (exact) mass is 320 g/mol. The molecule has 0 aromatic heterocycles. The van der Waals surface area contributed by atoms with E-state index in [1.165, 1.54) is 6.07 Å². The number of rotatable bonds is 6. The van der Waals surface area contributed by atoms with Crippen LogP contribution >= 0.6 is 0 Å². The maximum Gasteiger partial charge on any atom is 0.222 e. The molecule has 3 rings (SSSR count). The van der Waals surface area contributed by atoms with Crippen LogP contribution < -0.4 is 0 Å². The highest BCUT2D eigenvalue weighted by molar-refractivity contribution is 5.77. The molecule has 126 valence electrons. The quantitative estimate of drug-likeness (QED) is 0.803. The van der Waals surface area contributed by atoms with Gasteiger partial charge in [-0.3, -0.25) is 4.79 Å². The first-order valence-corrected chi connectivity index (χ1v) is 8.34. The van der Waals surface area contributed by atoms with Gasteiger partial charge in [0.25, 0.3) is 0 Å². The van der Waals surface area contributed by atoms with E-state index < -0.39 is 0 Å². The van der Waals surface area contributed by atoms with Crippen molar-refractivity contribution in [2.75, 3.05) is 46.4 Å². The van der Waals surface area contributed by atoms with Gasteiger partial charge in [-0.2, -0.15) is 0 Å². The molecule has 1 spiro atoms. The third-order valence-corrected chi connectivity index (χ3v) is 5.10. The summed E-state index contributed by atoms with van der Waals surface area (Å²) < 4.78 is 18.7. The second-order valence-electron chi connectivity index (χ2n) is 6.86. The fourth-order valence-corrected chi connectivity index (χ4v) is 3.74. The molecule has 0 saturated carbocycles. The summed E-state index contributed by atoms with van der Waals surface area (Å²) in [4.78, 5) is 16.6. The number of carbonyl (C=O) groups is 1. The van der Waals surface area contributed by atoms with Crippen molar-refractivity contribution in [2.24, 2.45) is 5.41 Å². The largest absolute Gasteiger partial charge is 0.383 e. The Morgan fingerprint density at radius 1 is 1.30 bits per heavy atom. The fraction of sp³-hybridized carbons (Fsp3) is 0.611. The van der Waals surface area contributed by atoms with Gasteiger partial charge in [0, 0.05) is 45.1 Å². The van der Waals surface area contributed by atoms with Crippen molar-refractivity contribution in [3.05, 3.63) is 35.6 Å². The summed E-state index contributed by atoms with van der Waals surface area (Å²) in [6.07, 6.45) is 2.03. The Bertz CT molecular complexity index is 558. The van der Waals surface area contributed by atoms with Gasteiger partial charge in [-0.15, -0.1) is 0 Å². The number of hydrogen-bond acceptors (Lipinski definition) is 3. The molecule has 0 radical (unpaired) electrons. The minimum absolute atomic E-state index is 0.147. The van der Waals surface area contributed by atoms with Gasteiger partial charge in [0.15, 0.2) is 0 Å². The van der Waals surface area contributed by atoms with Gasteiger partial charge in [0.1, 0.15) is 5.82 Å². The SMILES string of the molecule is COCCN1CCC2(C1)CN(C(=O)CCc1ccccc1F)C2. The maximum atomic E-state index is 13.6. The topological polar surface area (TPSA) is 32.8 Å². The van der Waals surface area contributed by atoms with E-state index in [2.05, 4.69) is 4.90 Å². The van der Waals surface area contributed by atoms with Gasteiger partial charge in [-0.05, 0) is 31.0 Å². The Labute approximate surface area is 137 Å². The van der Waals surface area contributed by atoms with Gasteiger partial charge in [-0.25, -0.2) is 4.39 Å². The molecule has 0 N–H and O–H groups in total. The normalized spacial score (nSPS) is 20.0. The highest BCUT2D eigenvalue weighted by Crippen LogP contribution is 2.39. The Morgan fingerprint density at radius 2 is 2.09 bits per heavy atom. The number of likely N-dealkylation sites (tertiary alicyclic amines) is 2. The number of hydrogen-bond donors (Lipinski definition) is 0. The predicted molar refractivity (Wildman–Crippen MR) is 86.7 cm³/mol. The number of benzene rings is 1. The Morgan fingerprint density at radius 3 is 2.83 bits per heavy atom. The fourth-order valence-electron chi connectivity index (χ4n) is 3.74. The Kier molecular flexibility index (Phi) is 4.97. The number of methoxy groups -OCH3 is 1. The van der Waals surface area contributed by atoms with Gasteiger partial charge in [0.05, 0.1) is 6.61 Å². The first kappa shape index (κ1) is 16.4. The van der Waals surface area contributed by atoms with E-state index in [1.54, 1.807) is 19.2 Å². The van der Waals surface area contributed by atoms with Gasteiger partial charge < -0.3 is 14.5 Å². The van der Waals surface area contributed by atoms with E-state index >= 15 is 0 Å². The first-order valence-electron chi connectivity index (χ1n) is 8.34. The minimum atomic E-state index is -0.218. The zero-order valence-corrected chi connectivity index (χ0v) is 13.8. The van der Waals surface area contributed by atoms with Crippen LogP contribution in [0.1, 0.15) is 18.4 Å². The van der Waals surface area contributed by atoms with Crippen molar-refractivity contribution >= 4 is 5.91 Å². The van der Waals surface area contributed by atoms with E-state index in [0.29, 0.717) is 23.8 Å². The number of ether oxygens (including phenoxy) is 1. The molecule has 2 heterocycles. The third-order valence-electron chi connectivity index (χ3n) is 5.10. The van der Waals surface area contributed by atoms with Crippen LogP contribution in [-0.4, -0.2) is 62.1 Å². The van der Waals surface area contributed by atoms with Crippen molar-refractivity contribution in [2.45, 2.75) is 19.3 Å². The highest BCUT2D eigenvalue weighted by atomic mass is 19.1. The van der Waals surface area contributed by atoms with Crippen molar-refractivity contribution in [3.63, 3.8) is 0 Å². The number of nitrogens with zero attached hydrogens (tertiary/aromatic N) is 2. The lowest BCUT2D eigenvalue weighted by molar-refractivity contribution is -0.142. The van der Waals surface area contributed by atoms with Crippen molar-refractivity contribution in [1.29, 1.82) is 0 Å². The van der Waals surface area contributed by atoms with Gasteiger partial charge in [0.2, 0.25) is 5.91 Å². The first-order chi connectivity index (χ1) is 11.1. The maximum absolute atomic E-state index is 13.6. The standard InChI is InChI=1S/C18H25FN2O2/c1-23-11-10-20-9-8-18(12-20)13-21(14-18)17(22)7-6-15-4-2-3-5-16(15)19/h2-5H,6-14H2,1H3. The van der Waals surface area contributed by atoms with Crippen molar-refractivity contribution in [3.8, 4) is 0 Å². The van der Waals surface area contributed by atoms with E-state index in [-0.39, 0.29) is 11.7 Å². The summed E-state index contributed by atoms with van der Waals surface area (Å²) in [7, 11) is 1.73. The molecule has 1 aromatic rings. The zero-order chi connectivity index (χ0) is 16.3. The van der Waals surface area contributed by atoms with E-state index in [9.17, 15) is 9.18 Å². The summed E-state index contributed by atoms with van der Waals surface area (Å²) in [5.74, 6) is -0.0702. The molecule has 1 amide bonds. The summed E-state index contributed by atoms with van der Waals surface area (Å²) in [5.41, 5.74) is 0.921. The summed E-state index contributed by atoms with van der Waals surface area (Å²) in [6, 6.07) is 6.69. The zero-order valence-electron chi connectivity index (χ0n) is 13.8. The van der Waals surface area contributed by atoms with Crippen LogP contribution in [-0.2, 0) is 16.0 Å². The Hall–Kier alpha value is -1.46. The van der Waals surface area contributed by atoms with Crippen LogP contribution in [0.15, 0.2) is 24.3 Å². The summed E-state index contributed by atoms with van der Waals surface area (Å²) in [5, 5.41) is 0. The van der Waals surface area contributed by atoms with Crippen LogP contribution in [0.4, 0.5) is 4.39 Å². The highest BCUT2D eigenvalue weighted by Gasteiger charge is 2.48. The summed E-state index contributed by atoms with van der Waals surface area (Å²) >= 11 is 0. The molecule has 5 heteroatoms. The molecule has 0 bridgehead atoms. The molecular weight excluding hydrogens is 295 g/mol. The lowest BCUT2D eigenvalue weighted by Crippen LogP contribution is -2.59. The molecule has 4 nitrogen and oxygen atoms in total. The molecule has 23 heavy (non-hydrogen) atoms. The third kappa shape index (κ3) is 3.72. The van der Waals surface area contributed by atoms with E-state index in [1.807, 2.05) is 11.0 Å². The van der Waals surface area contributed by atoms with E-state index in [0.717, 1.165) is 45.8 Å². The molecule has 2 saturated heterocycles. The van der Waals surface area contributed by atoms with Crippen LogP contribution in [0.3, 0.4) is 0 Å². The lowest BCUT2D eigenvalue weighted by Gasteiger charge is -2.48. The average molecular weight is 320 g/mol. The number of carbonyl (C=O) groups excluding carboxylic acids is 1. The van der Waals surface area contributed by atoms with Crippen LogP contribution in [0.2, 0.25) is 0 Å². The Balaban J connectivity index is 1.43. The molecule has 1 aromatic carbocycles. The van der Waals surface area contributed by atoms with Crippen molar-refractivity contribution in [1.82, 2.24) is 9.80 Å². The molecule has 2 fully saturated rings. The molecule has 2 aliphatic heterocycles. The second-order valence-corrected chi connectivity index (χ2v) is 6.86. The lowest BCUT2D eigenvalue weighted by atomic mass is 9.79. The van der Waals surface area contributed by atoms with Gasteiger partial charge in [-0.1, -0.05) is 18.2 Å². The molecule has 0 aliphatic carbocycles. The minimum Gasteiger partial charge on any atom is -0.383 e. The molecule has 2 aliphatic rings. The predicted octanol–water partition coefficient (Wildman–Crippen LogP) is 1.94. The van der Waals surface area contributed by atoms with E-state index in [4.69, 9.17) is 4.74 Å². The molecule has 0 unspecified atom stereocenters. The molecular formula is C18H25FN2O2. The number of halogens is 1.